The van der Waals surface area contributed by atoms with Crippen LogP contribution in [0.15, 0.2) is 24.3 Å². The zero-order chi connectivity index (χ0) is 17.1. The Morgan fingerprint density at radius 3 is 2.83 bits per heavy atom. The van der Waals surface area contributed by atoms with Crippen molar-refractivity contribution in [3.05, 3.63) is 24.3 Å². The van der Waals surface area contributed by atoms with Gasteiger partial charge < -0.3 is 24.0 Å². The van der Waals surface area contributed by atoms with Crippen LogP contribution in [0.3, 0.4) is 0 Å². The maximum absolute atomic E-state index is 11.6. The molecule has 0 aliphatic heterocycles. The first kappa shape index (κ1) is 19.9. The molecule has 0 spiro atoms. The third-order valence-electron chi connectivity index (χ3n) is 3.35. The largest absolute Gasteiger partial charge is 0.756 e. The van der Waals surface area contributed by atoms with E-state index in [9.17, 15) is 14.3 Å². The lowest BCUT2D eigenvalue weighted by atomic mass is 10.0. The molecule has 0 bridgehead atoms. The second-order valence-electron chi connectivity index (χ2n) is 5.27. The first-order chi connectivity index (χ1) is 11.0. The van der Waals surface area contributed by atoms with Gasteiger partial charge in [-0.1, -0.05) is 37.6 Å². The molecule has 23 heavy (non-hydrogen) atoms. The van der Waals surface area contributed by atoms with Gasteiger partial charge in [0.05, 0.1) is 12.7 Å². The first-order valence-electron chi connectivity index (χ1n) is 7.76. The molecule has 132 valence electrons. The van der Waals surface area contributed by atoms with E-state index in [1.54, 1.807) is 0 Å². The highest BCUT2D eigenvalue weighted by Gasteiger charge is 2.17. The number of carbonyl (C=O) groups is 1. The number of phosphoric ester groups is 1. The molecular formula is C15H25NO6P-. The molecule has 1 aliphatic rings. The number of allylic oxidation sites excluding steroid dienone is 3. The summed E-state index contributed by atoms with van der Waals surface area (Å²) in [5.41, 5.74) is 0. The SMILES string of the molecule is CCC[C@H](CCNC(=O)OCC1C=CC=CC1)OP(=O)([O-])OC. The van der Waals surface area contributed by atoms with E-state index < -0.39 is 20.0 Å². The molecule has 0 saturated carbocycles. The van der Waals surface area contributed by atoms with Gasteiger partial charge in [-0.2, -0.15) is 0 Å². The quantitative estimate of drug-likeness (QED) is 0.611. The second kappa shape index (κ2) is 10.6. The molecule has 2 unspecified atom stereocenters. The molecule has 0 fully saturated rings. The Kier molecular flexibility index (Phi) is 9.17. The minimum Gasteiger partial charge on any atom is -0.756 e. The molecule has 0 radical (unpaired) electrons. The van der Waals surface area contributed by atoms with Crippen LogP contribution in [0.25, 0.3) is 0 Å². The zero-order valence-electron chi connectivity index (χ0n) is 13.6. The first-order valence-corrected chi connectivity index (χ1v) is 9.22. The summed E-state index contributed by atoms with van der Waals surface area (Å²) in [6.45, 7) is 2.52. The average molecular weight is 346 g/mol. The zero-order valence-corrected chi connectivity index (χ0v) is 14.5. The van der Waals surface area contributed by atoms with Crippen LogP contribution in [0.2, 0.25) is 0 Å². The normalized spacial score (nSPS) is 20.7. The molecule has 0 aromatic carbocycles. The highest BCUT2D eigenvalue weighted by Crippen LogP contribution is 2.39. The Bertz CT molecular complexity index is 465. The second-order valence-corrected chi connectivity index (χ2v) is 6.74. The summed E-state index contributed by atoms with van der Waals surface area (Å²) in [4.78, 5) is 22.9. The number of rotatable bonds is 10. The monoisotopic (exact) mass is 346 g/mol. The molecule has 7 nitrogen and oxygen atoms in total. The number of carbonyl (C=O) groups excluding carboxylic acids is 1. The number of hydrogen-bond donors (Lipinski definition) is 1. The van der Waals surface area contributed by atoms with Gasteiger partial charge in [-0.15, -0.1) is 0 Å². The summed E-state index contributed by atoms with van der Waals surface area (Å²) in [5.74, 6) is 0.204. The summed E-state index contributed by atoms with van der Waals surface area (Å²) in [7, 11) is -3.21. The Morgan fingerprint density at radius 1 is 1.43 bits per heavy atom. The van der Waals surface area contributed by atoms with Gasteiger partial charge in [0.2, 0.25) is 0 Å². The van der Waals surface area contributed by atoms with Crippen LogP contribution in [0, 0.1) is 5.92 Å². The lowest BCUT2D eigenvalue weighted by molar-refractivity contribution is -0.227. The molecule has 0 aromatic rings. The van der Waals surface area contributed by atoms with Crippen molar-refractivity contribution in [1.29, 1.82) is 0 Å². The highest BCUT2D eigenvalue weighted by atomic mass is 31.2. The predicted molar refractivity (Wildman–Crippen MR) is 84.8 cm³/mol. The number of nitrogens with one attached hydrogen (secondary N) is 1. The van der Waals surface area contributed by atoms with Gasteiger partial charge in [0.1, 0.15) is 0 Å². The van der Waals surface area contributed by atoms with E-state index >= 15 is 0 Å². The van der Waals surface area contributed by atoms with Gasteiger partial charge in [-0.3, -0.25) is 4.57 Å². The summed E-state index contributed by atoms with van der Waals surface area (Å²) in [6, 6.07) is 0. The third kappa shape index (κ3) is 8.91. The van der Waals surface area contributed by atoms with E-state index in [2.05, 4.69) is 9.84 Å². The summed E-state index contributed by atoms with van der Waals surface area (Å²) in [6.07, 6.45) is 9.42. The van der Waals surface area contributed by atoms with E-state index in [1.165, 1.54) is 0 Å². The van der Waals surface area contributed by atoms with Gasteiger partial charge in [0.25, 0.3) is 7.82 Å². The molecule has 3 atom stereocenters. The molecule has 0 aromatic heterocycles. The van der Waals surface area contributed by atoms with Crippen LogP contribution >= 0.6 is 7.82 Å². The maximum atomic E-state index is 11.6. The van der Waals surface area contributed by atoms with Crippen LogP contribution in [0.4, 0.5) is 4.79 Å². The fourth-order valence-corrected chi connectivity index (χ4v) is 2.78. The Hall–Kier alpha value is -1.14. The maximum Gasteiger partial charge on any atom is 0.407 e. The van der Waals surface area contributed by atoms with Crippen LogP contribution in [0.1, 0.15) is 32.6 Å². The molecule has 1 amide bonds. The number of phosphoric acid groups is 1. The van der Waals surface area contributed by atoms with Crippen molar-refractivity contribution < 1.29 is 28.0 Å². The predicted octanol–water partition coefficient (Wildman–Crippen LogP) is 2.54. The van der Waals surface area contributed by atoms with E-state index in [4.69, 9.17) is 9.26 Å². The molecule has 8 heteroatoms. The molecular weight excluding hydrogens is 321 g/mol. The number of hydrogen-bond acceptors (Lipinski definition) is 6. The lowest BCUT2D eigenvalue weighted by Crippen LogP contribution is -2.30. The van der Waals surface area contributed by atoms with Crippen molar-refractivity contribution >= 4 is 13.9 Å². The minimum absolute atomic E-state index is 0.204. The molecule has 1 rings (SSSR count). The van der Waals surface area contributed by atoms with Crippen molar-refractivity contribution in [1.82, 2.24) is 5.32 Å². The fourth-order valence-electron chi connectivity index (χ4n) is 2.12. The minimum atomic E-state index is -4.26. The van der Waals surface area contributed by atoms with E-state index in [1.807, 2.05) is 31.2 Å². The van der Waals surface area contributed by atoms with Crippen LogP contribution in [0.5, 0.6) is 0 Å². The van der Waals surface area contributed by atoms with E-state index in [0.717, 1.165) is 20.0 Å². The molecule has 0 saturated heterocycles. The van der Waals surface area contributed by atoms with Crippen molar-refractivity contribution in [2.45, 2.75) is 38.7 Å². The third-order valence-corrected chi connectivity index (χ3v) is 4.35. The number of alkyl carbamates (subject to hydrolysis) is 1. The number of amides is 1. The fraction of sp³-hybridized carbons (Fsp3) is 0.667. The van der Waals surface area contributed by atoms with Crippen LogP contribution in [-0.2, 0) is 18.3 Å². The highest BCUT2D eigenvalue weighted by molar-refractivity contribution is 7.45. The summed E-state index contributed by atoms with van der Waals surface area (Å²) in [5, 5.41) is 2.60. The van der Waals surface area contributed by atoms with Crippen molar-refractivity contribution in [2.24, 2.45) is 5.92 Å². The van der Waals surface area contributed by atoms with E-state index in [-0.39, 0.29) is 12.5 Å². The van der Waals surface area contributed by atoms with Gasteiger partial charge in [0, 0.05) is 19.6 Å². The topological polar surface area (TPSA) is 96.9 Å². The Labute approximate surface area is 137 Å². The summed E-state index contributed by atoms with van der Waals surface area (Å²) < 4.78 is 25.7. The lowest BCUT2D eigenvalue weighted by Gasteiger charge is -2.26. The van der Waals surface area contributed by atoms with Gasteiger partial charge in [-0.25, -0.2) is 4.79 Å². The smallest absolute Gasteiger partial charge is 0.407 e. The van der Waals surface area contributed by atoms with Gasteiger partial charge >= 0.3 is 6.09 Å². The average Bonchev–Trinajstić information content (AvgIpc) is 2.54. The van der Waals surface area contributed by atoms with Gasteiger partial charge in [-0.05, 0) is 19.3 Å². The van der Waals surface area contributed by atoms with Crippen molar-refractivity contribution in [3.63, 3.8) is 0 Å². The Morgan fingerprint density at radius 2 is 2.22 bits per heavy atom. The van der Waals surface area contributed by atoms with Crippen molar-refractivity contribution in [2.75, 3.05) is 20.3 Å². The van der Waals surface area contributed by atoms with E-state index in [0.29, 0.717) is 19.4 Å². The van der Waals surface area contributed by atoms with Crippen LogP contribution in [-0.4, -0.2) is 32.5 Å². The Balaban J connectivity index is 2.23. The summed E-state index contributed by atoms with van der Waals surface area (Å²) >= 11 is 0. The molecule has 1 aliphatic carbocycles. The number of ether oxygens (including phenoxy) is 1. The van der Waals surface area contributed by atoms with Gasteiger partial charge in [0.15, 0.2) is 0 Å². The van der Waals surface area contributed by atoms with Crippen LogP contribution < -0.4 is 10.2 Å². The van der Waals surface area contributed by atoms with Crippen molar-refractivity contribution in [3.8, 4) is 0 Å². The molecule has 0 heterocycles. The molecule has 1 N–H and O–H groups in total. The standard InChI is InChI=1S/C15H26NO6P/c1-3-7-14(22-23(18,19)20-2)10-11-16-15(17)21-12-13-8-5-4-6-9-13/h4-6,8,13-14H,3,7,9-12H2,1-2H3,(H,16,17)(H,18,19)/p-1/t13?,14-/m1/s1.